The molecule has 0 aliphatic rings. The molecule has 0 aliphatic carbocycles. The Labute approximate surface area is 334 Å². The molecule has 0 N–H and O–H groups in total. The third-order valence-corrected chi connectivity index (χ3v) is 9.43. The first kappa shape index (κ1) is 41.8. The monoisotopic (exact) mass is 771 g/mol. The summed E-state index contributed by atoms with van der Waals surface area (Å²) >= 11 is 0. The average molecular weight is 772 g/mol. The molecule has 8 nitrogen and oxygen atoms in total. The minimum atomic E-state index is -1.75. The molecule has 0 saturated carbocycles. The predicted molar refractivity (Wildman–Crippen MR) is 221 cm³/mol. The maximum atomic E-state index is 8.25. The summed E-state index contributed by atoms with van der Waals surface area (Å²) in [5.41, 5.74) is 8.78. The first-order chi connectivity index (χ1) is 26.6. The molecule has 0 saturated heterocycles. The van der Waals surface area contributed by atoms with E-state index in [1.54, 1.807) is 0 Å². The van der Waals surface area contributed by atoms with Crippen LogP contribution in [-0.2, 0) is 35.8 Å². The summed E-state index contributed by atoms with van der Waals surface area (Å²) in [4.78, 5) is 24.0. The summed E-state index contributed by atoms with van der Waals surface area (Å²) in [6.07, 6.45) is 7.26. The molecule has 4 aromatic carbocycles. The number of hydrogen-bond acceptors (Lipinski definition) is 7. The molecule has 0 spiro atoms. The molecule has 7 rings (SSSR count). The van der Waals surface area contributed by atoms with E-state index in [0.717, 1.165) is 56.0 Å². The summed E-state index contributed by atoms with van der Waals surface area (Å²) < 4.78 is 0. The smallest absolute Gasteiger partial charge is 0.356 e. The molecule has 55 heavy (non-hydrogen) atoms. The van der Waals surface area contributed by atoms with Crippen molar-refractivity contribution >= 4 is 28.0 Å². The van der Waals surface area contributed by atoms with Gasteiger partial charge in [-0.2, -0.15) is 21.9 Å². The zero-order chi connectivity index (χ0) is 37.7. The zero-order valence-electron chi connectivity index (χ0n) is 30.6. The van der Waals surface area contributed by atoms with Gasteiger partial charge in [0.15, 0.2) is 0 Å². The number of aromatic nitrogens is 3. The second-order valence-electron chi connectivity index (χ2n) is 12.8. The molecular weight excluding hydrogens is 728 g/mol. The molecule has 7 aromatic rings. The van der Waals surface area contributed by atoms with E-state index >= 15 is 0 Å². The van der Waals surface area contributed by atoms with Gasteiger partial charge in [-0.05, 0) is 36.4 Å². The number of pyridine rings is 3. The summed E-state index contributed by atoms with van der Waals surface area (Å²) in [7, 11) is 0. The summed E-state index contributed by atoms with van der Waals surface area (Å²) in [5, 5.41) is 14.8. The van der Waals surface area contributed by atoms with E-state index in [1.165, 1.54) is 21.9 Å². The van der Waals surface area contributed by atoms with E-state index in [-0.39, 0.29) is 16.5 Å². The van der Waals surface area contributed by atoms with Crippen LogP contribution >= 0.6 is 0 Å². The Hall–Kier alpha value is -5.95. The Balaban J connectivity index is 0.000000219. The van der Waals surface area contributed by atoms with Gasteiger partial charge in [0.2, 0.25) is 0 Å². The molecule has 1 radical (unpaired) electrons. The van der Waals surface area contributed by atoms with Crippen LogP contribution in [-0.4, -0.2) is 50.7 Å². The normalized spacial score (nSPS) is 10.5. The van der Waals surface area contributed by atoms with Crippen molar-refractivity contribution in [1.82, 2.24) is 19.9 Å². The Morgan fingerprint density at radius 3 is 0.873 bits per heavy atom. The van der Waals surface area contributed by atoms with E-state index in [9.17, 15) is 0 Å². The fourth-order valence-corrected chi connectivity index (χ4v) is 6.91. The maximum Gasteiger partial charge on any atom is 3.00 e. The van der Waals surface area contributed by atoms with Crippen molar-refractivity contribution in [3.63, 3.8) is 0 Å². The Kier molecular flexibility index (Phi) is 17.5. The van der Waals surface area contributed by atoms with Crippen molar-refractivity contribution in [3.05, 3.63) is 227 Å². The summed E-state index contributed by atoms with van der Waals surface area (Å²) in [6.45, 7) is 2.99. The second-order valence-corrected chi connectivity index (χ2v) is 12.8. The minimum Gasteiger partial charge on any atom is -0.356 e. The van der Waals surface area contributed by atoms with E-state index in [4.69, 9.17) is 15.3 Å². The molecule has 0 unspecified atom stereocenters. The topological polar surface area (TPSA) is 108 Å². The molecule has 10 heteroatoms. The first-order valence-electron chi connectivity index (χ1n) is 18.2. The standard InChI is InChI=1S/C24H20B.C21H24N4.NO3.Ni/c1-5-13-21(14-6-1)25(22-15-7-2-8-16-22,23-17-9-3-10-18-23)24-19-11-4-12-20-24;1-4-13-22-19(7-1)10-16-25(17-11-20-8-2-5-14-23-20)18-12-21-9-3-6-15-24-21;2-1(3)4;/h1-20H;1-9,13-15H,10-12,16-18H2;;/q-1;;-1;+3. The number of benzene rings is 4. The van der Waals surface area contributed by atoms with Gasteiger partial charge in [-0.25, -0.2) is 0 Å². The van der Waals surface area contributed by atoms with Crippen LogP contribution < -0.4 is 21.9 Å². The minimum absolute atomic E-state index is 0. The van der Waals surface area contributed by atoms with Crippen molar-refractivity contribution in [3.8, 4) is 0 Å². The Morgan fingerprint density at radius 1 is 0.418 bits per heavy atom. The largest absolute Gasteiger partial charge is 3.00 e. The number of rotatable bonds is 13. The van der Waals surface area contributed by atoms with Crippen LogP contribution in [0.15, 0.2) is 195 Å². The van der Waals surface area contributed by atoms with Crippen molar-refractivity contribution in [2.75, 3.05) is 19.6 Å². The maximum absolute atomic E-state index is 8.25. The van der Waals surface area contributed by atoms with Gasteiger partial charge in [-0.3, -0.25) is 15.0 Å². The van der Waals surface area contributed by atoms with Crippen molar-refractivity contribution < 1.29 is 21.6 Å². The van der Waals surface area contributed by atoms with Gasteiger partial charge in [0.1, 0.15) is 6.15 Å². The van der Waals surface area contributed by atoms with E-state index < -0.39 is 11.2 Å². The van der Waals surface area contributed by atoms with Crippen molar-refractivity contribution in [2.45, 2.75) is 19.3 Å². The third-order valence-electron chi connectivity index (χ3n) is 9.43. The molecule has 0 atom stereocenters. The van der Waals surface area contributed by atoms with Crippen LogP contribution in [0.3, 0.4) is 0 Å². The van der Waals surface area contributed by atoms with E-state index in [2.05, 4.69) is 178 Å². The third kappa shape index (κ3) is 12.8. The fourth-order valence-electron chi connectivity index (χ4n) is 6.91. The molecule has 3 heterocycles. The Morgan fingerprint density at radius 2 is 0.655 bits per heavy atom. The molecule has 0 aliphatic heterocycles. The van der Waals surface area contributed by atoms with Crippen LogP contribution in [0.4, 0.5) is 0 Å². The molecular formula is C45H44BN5NiO3+. The number of nitrogens with zero attached hydrogens (tertiary/aromatic N) is 5. The first-order valence-corrected chi connectivity index (χ1v) is 18.2. The van der Waals surface area contributed by atoms with Crippen LogP contribution in [0, 0.1) is 15.3 Å². The van der Waals surface area contributed by atoms with Crippen molar-refractivity contribution in [2.24, 2.45) is 0 Å². The van der Waals surface area contributed by atoms with Gasteiger partial charge >= 0.3 is 16.5 Å². The van der Waals surface area contributed by atoms with E-state index in [1.807, 2.05) is 36.8 Å². The Bertz CT molecular complexity index is 1780. The molecule has 0 bridgehead atoms. The number of hydrogen-bond donors (Lipinski definition) is 0. The van der Waals surface area contributed by atoms with Crippen LogP contribution in [0.2, 0.25) is 0 Å². The van der Waals surface area contributed by atoms with Crippen LogP contribution in [0.25, 0.3) is 0 Å². The van der Waals surface area contributed by atoms with Crippen molar-refractivity contribution in [1.29, 1.82) is 0 Å². The summed E-state index contributed by atoms with van der Waals surface area (Å²) in [5.74, 6) is 0. The van der Waals surface area contributed by atoms with Gasteiger partial charge in [0.05, 0.1) is 5.09 Å². The second kappa shape index (κ2) is 23.0. The molecule has 279 valence electrons. The molecule has 0 fully saturated rings. The zero-order valence-corrected chi connectivity index (χ0v) is 31.6. The van der Waals surface area contributed by atoms with Crippen LogP contribution in [0.5, 0.6) is 0 Å². The summed E-state index contributed by atoms with van der Waals surface area (Å²) in [6, 6.07) is 61.8. The van der Waals surface area contributed by atoms with Gasteiger partial charge in [-0.15, -0.1) is 0 Å². The van der Waals surface area contributed by atoms with Crippen LogP contribution in [0.1, 0.15) is 17.1 Å². The average Bonchev–Trinajstić information content (AvgIpc) is 3.24. The predicted octanol–water partition coefficient (Wildman–Crippen LogP) is 6.02. The van der Waals surface area contributed by atoms with Gasteiger partial charge in [0.25, 0.3) is 0 Å². The quantitative estimate of drug-likeness (QED) is 0.0802. The molecule has 3 aromatic heterocycles. The van der Waals surface area contributed by atoms with Gasteiger partial charge in [0, 0.05) is 74.6 Å². The molecule has 0 amide bonds. The van der Waals surface area contributed by atoms with Gasteiger partial charge in [-0.1, -0.05) is 140 Å². The SMILES string of the molecule is O=[N+]([O-])[O-].[Ni+3].c1ccc(CCN(CCc2ccccn2)CCc2ccccn2)nc1.c1ccc([B-](c2ccccc2)(c2ccccc2)c2ccccc2)cc1. The van der Waals surface area contributed by atoms with Gasteiger partial charge < -0.3 is 20.2 Å². The fraction of sp³-hybridized carbons (Fsp3) is 0.133. The van der Waals surface area contributed by atoms with E-state index in [0.29, 0.717) is 0 Å².